The second kappa shape index (κ2) is 4.07. The summed E-state index contributed by atoms with van der Waals surface area (Å²) in [5.41, 5.74) is 0. The molecule has 3 heterocycles. The van der Waals surface area contributed by atoms with Gasteiger partial charge in [-0.1, -0.05) is 0 Å². The van der Waals surface area contributed by atoms with Crippen LogP contribution in [0.3, 0.4) is 0 Å². The van der Waals surface area contributed by atoms with Crippen molar-refractivity contribution in [3.63, 3.8) is 0 Å². The Kier molecular flexibility index (Phi) is 2.79. The Balaban J connectivity index is 1.72. The fourth-order valence-corrected chi connectivity index (χ4v) is 5.17. The Morgan fingerprint density at radius 2 is 2.29 bits per heavy atom. The van der Waals surface area contributed by atoms with E-state index in [1.165, 1.54) is 0 Å². The predicted octanol–water partition coefficient (Wildman–Crippen LogP) is -0.479. The molecule has 3 aliphatic heterocycles. The Labute approximate surface area is 106 Å². The lowest BCUT2D eigenvalue weighted by Gasteiger charge is -2.25. The molecule has 0 aromatic heterocycles. The van der Waals surface area contributed by atoms with Crippen molar-refractivity contribution in [2.45, 2.75) is 31.0 Å². The van der Waals surface area contributed by atoms with Gasteiger partial charge in [0, 0.05) is 13.2 Å². The van der Waals surface area contributed by atoms with Gasteiger partial charge in [0.2, 0.25) is 0 Å². The highest BCUT2D eigenvalue weighted by atomic mass is 32.2. The van der Waals surface area contributed by atoms with Crippen molar-refractivity contribution >= 4 is 27.2 Å². The summed E-state index contributed by atoms with van der Waals surface area (Å²) < 4.78 is 28.8. The van der Waals surface area contributed by atoms with Crippen LogP contribution in [0.5, 0.6) is 0 Å². The zero-order valence-corrected chi connectivity index (χ0v) is 11.1. The number of sulfone groups is 1. The molecule has 3 aliphatic rings. The smallest absolute Gasteiger partial charge is 0.169 e. The molecule has 17 heavy (non-hydrogen) atoms. The molecule has 0 amide bonds. The fraction of sp³-hybridized carbons (Fsp3) is 0.900. The van der Waals surface area contributed by atoms with Crippen molar-refractivity contribution in [1.82, 2.24) is 10.2 Å². The van der Waals surface area contributed by atoms with Crippen LogP contribution in [0.4, 0.5) is 0 Å². The van der Waals surface area contributed by atoms with Gasteiger partial charge in [-0.15, -0.1) is 0 Å². The van der Waals surface area contributed by atoms with Crippen LogP contribution in [0.25, 0.3) is 0 Å². The van der Waals surface area contributed by atoms with E-state index >= 15 is 0 Å². The highest BCUT2D eigenvalue weighted by molar-refractivity contribution is 7.91. The molecule has 0 aromatic rings. The lowest BCUT2D eigenvalue weighted by molar-refractivity contribution is 0.0874. The van der Waals surface area contributed by atoms with E-state index in [0.29, 0.717) is 5.11 Å². The summed E-state index contributed by atoms with van der Waals surface area (Å²) in [7, 11) is -2.90. The second-order valence-corrected chi connectivity index (χ2v) is 7.53. The number of nitrogens with one attached hydrogen (secondary N) is 1. The molecule has 3 fully saturated rings. The van der Waals surface area contributed by atoms with E-state index in [1.807, 2.05) is 4.90 Å². The fourth-order valence-electron chi connectivity index (χ4n) is 2.89. The first kappa shape index (κ1) is 11.7. The summed E-state index contributed by atoms with van der Waals surface area (Å²) >= 11 is 5.27. The van der Waals surface area contributed by atoms with Crippen LogP contribution in [0.1, 0.15) is 12.8 Å². The minimum Gasteiger partial charge on any atom is -0.376 e. The number of nitrogens with zero attached hydrogens (tertiary/aromatic N) is 1. The number of fused-ring (bicyclic) bond motifs is 1. The van der Waals surface area contributed by atoms with Crippen LogP contribution in [0.2, 0.25) is 0 Å². The van der Waals surface area contributed by atoms with Gasteiger partial charge in [-0.05, 0) is 25.1 Å². The van der Waals surface area contributed by atoms with Crippen molar-refractivity contribution in [2.24, 2.45) is 0 Å². The van der Waals surface area contributed by atoms with Crippen molar-refractivity contribution in [1.29, 1.82) is 0 Å². The summed E-state index contributed by atoms with van der Waals surface area (Å²) in [6.45, 7) is 1.54. The molecule has 0 bridgehead atoms. The molecule has 0 aromatic carbocycles. The molecular formula is C10H16N2O3S2. The minimum absolute atomic E-state index is 0.0108. The van der Waals surface area contributed by atoms with E-state index < -0.39 is 9.84 Å². The Hall–Kier alpha value is -0.400. The van der Waals surface area contributed by atoms with Crippen molar-refractivity contribution in [3.05, 3.63) is 0 Å². The summed E-state index contributed by atoms with van der Waals surface area (Å²) in [6.07, 6.45) is 2.34. The van der Waals surface area contributed by atoms with Gasteiger partial charge in [-0.2, -0.15) is 0 Å². The third-order valence-electron chi connectivity index (χ3n) is 3.72. The van der Waals surface area contributed by atoms with Crippen LogP contribution < -0.4 is 5.32 Å². The molecule has 5 nitrogen and oxygen atoms in total. The first-order valence-corrected chi connectivity index (χ1v) is 8.17. The zero-order chi connectivity index (χ0) is 12.0. The Morgan fingerprint density at radius 3 is 3.00 bits per heavy atom. The van der Waals surface area contributed by atoms with Gasteiger partial charge in [0.05, 0.1) is 29.7 Å². The number of hydrogen-bond donors (Lipinski definition) is 1. The van der Waals surface area contributed by atoms with E-state index in [-0.39, 0.29) is 29.7 Å². The molecular weight excluding hydrogens is 260 g/mol. The maximum Gasteiger partial charge on any atom is 0.169 e. The molecule has 0 spiro atoms. The SMILES string of the molecule is O=S1(=O)C[C@@H]2NC(=S)N(C[C@H]3CCCO3)[C@@H]2C1. The van der Waals surface area contributed by atoms with Gasteiger partial charge in [-0.3, -0.25) is 0 Å². The molecule has 3 saturated heterocycles. The summed E-state index contributed by atoms with van der Waals surface area (Å²) in [5.74, 6) is 0.428. The van der Waals surface area contributed by atoms with E-state index in [2.05, 4.69) is 5.32 Å². The number of hydrogen-bond acceptors (Lipinski definition) is 4. The average Bonchev–Trinajstić information content (AvgIpc) is 2.87. The first-order valence-electron chi connectivity index (χ1n) is 5.94. The molecule has 3 rings (SSSR count). The molecule has 0 aliphatic carbocycles. The third kappa shape index (κ3) is 2.15. The average molecular weight is 276 g/mol. The topological polar surface area (TPSA) is 58.6 Å². The molecule has 7 heteroatoms. The van der Waals surface area contributed by atoms with E-state index in [9.17, 15) is 8.42 Å². The standard InChI is InChI=1S/C10H16N2O3S2/c13-17(14)5-8-9(6-17)12(10(16)11-8)4-7-2-1-3-15-7/h7-9H,1-6H2,(H,11,16)/t7-,8+,9-/m1/s1. The second-order valence-electron chi connectivity index (χ2n) is 4.99. The quantitative estimate of drug-likeness (QED) is 0.688. The highest BCUT2D eigenvalue weighted by Crippen LogP contribution is 2.26. The summed E-state index contributed by atoms with van der Waals surface area (Å²) in [6, 6.07) is -0.00870. The van der Waals surface area contributed by atoms with Crippen molar-refractivity contribution in [3.8, 4) is 0 Å². The summed E-state index contributed by atoms with van der Waals surface area (Å²) in [4.78, 5) is 2.01. The number of ether oxygens (including phenoxy) is 1. The van der Waals surface area contributed by atoms with Gasteiger partial charge < -0.3 is 15.0 Å². The van der Waals surface area contributed by atoms with Crippen molar-refractivity contribution in [2.75, 3.05) is 24.7 Å². The van der Waals surface area contributed by atoms with Crippen LogP contribution >= 0.6 is 12.2 Å². The third-order valence-corrected chi connectivity index (χ3v) is 5.79. The zero-order valence-electron chi connectivity index (χ0n) is 9.46. The maximum absolute atomic E-state index is 11.6. The van der Waals surface area contributed by atoms with Gasteiger partial charge in [0.15, 0.2) is 14.9 Å². The van der Waals surface area contributed by atoms with Crippen molar-refractivity contribution < 1.29 is 13.2 Å². The predicted molar refractivity (Wildman–Crippen MR) is 67.6 cm³/mol. The van der Waals surface area contributed by atoms with E-state index in [1.54, 1.807) is 0 Å². The number of thiocarbonyl (C=S) groups is 1. The summed E-state index contributed by atoms with van der Waals surface area (Å²) in [5, 5.41) is 3.80. The van der Waals surface area contributed by atoms with E-state index in [0.717, 1.165) is 26.0 Å². The molecule has 0 unspecified atom stereocenters. The maximum atomic E-state index is 11.6. The van der Waals surface area contributed by atoms with Gasteiger partial charge in [-0.25, -0.2) is 8.42 Å². The molecule has 96 valence electrons. The molecule has 1 N–H and O–H groups in total. The van der Waals surface area contributed by atoms with Gasteiger partial charge in [0.1, 0.15) is 0 Å². The molecule has 0 saturated carbocycles. The Morgan fingerprint density at radius 1 is 1.47 bits per heavy atom. The number of rotatable bonds is 2. The van der Waals surface area contributed by atoms with Crippen LogP contribution in [0, 0.1) is 0 Å². The highest BCUT2D eigenvalue weighted by Gasteiger charge is 2.47. The molecule has 0 radical (unpaired) electrons. The van der Waals surface area contributed by atoms with Gasteiger partial charge >= 0.3 is 0 Å². The lowest BCUT2D eigenvalue weighted by Crippen LogP contribution is -2.41. The Bertz CT molecular complexity index is 431. The largest absolute Gasteiger partial charge is 0.376 e. The van der Waals surface area contributed by atoms with E-state index in [4.69, 9.17) is 17.0 Å². The molecule has 3 atom stereocenters. The lowest BCUT2D eigenvalue weighted by atomic mass is 10.1. The van der Waals surface area contributed by atoms with Gasteiger partial charge in [0.25, 0.3) is 0 Å². The van der Waals surface area contributed by atoms with Crippen LogP contribution in [-0.2, 0) is 14.6 Å². The first-order chi connectivity index (χ1) is 8.05. The van der Waals surface area contributed by atoms with Crippen LogP contribution in [0.15, 0.2) is 0 Å². The minimum atomic E-state index is -2.90. The van der Waals surface area contributed by atoms with Crippen LogP contribution in [-0.4, -0.2) is 61.3 Å². The normalized spacial score (nSPS) is 39.4. The monoisotopic (exact) mass is 276 g/mol.